The minimum absolute atomic E-state index is 0.0363. The van der Waals surface area contributed by atoms with E-state index in [2.05, 4.69) is 32.2 Å². The van der Waals surface area contributed by atoms with Crippen molar-refractivity contribution in [2.45, 2.75) is 155 Å². The first-order chi connectivity index (χ1) is 38.0. The van der Waals surface area contributed by atoms with E-state index in [9.17, 15) is 19.6 Å². The molecule has 79 heavy (non-hydrogen) atoms. The number of carbonyl (C=O) groups excluding carboxylic acids is 4. The Morgan fingerprint density at radius 1 is 0.759 bits per heavy atom. The highest BCUT2D eigenvalue weighted by Gasteiger charge is 2.46. The van der Waals surface area contributed by atoms with E-state index in [1.165, 1.54) is 38.4 Å². The lowest BCUT2D eigenvalue weighted by atomic mass is 9.78. The number of carbonyl (C=O) groups is 4. The number of unbranched alkanes of at least 4 members (excludes halogenated alkanes) is 2. The van der Waals surface area contributed by atoms with Crippen molar-refractivity contribution < 1.29 is 29.1 Å². The van der Waals surface area contributed by atoms with Gasteiger partial charge in [0.15, 0.2) is 5.78 Å². The Bertz CT molecular complexity index is 3640. The first-order valence-electron chi connectivity index (χ1n) is 29.0. The number of ketones is 1. The molecule has 0 bridgehead atoms. The number of hydroxylamine groups is 2. The second kappa shape index (κ2) is 20.8. The Kier molecular flexibility index (Phi) is 14.0. The van der Waals surface area contributed by atoms with Crippen LogP contribution in [0.5, 0.6) is 11.5 Å². The molecule has 0 spiro atoms. The maximum atomic E-state index is 15.4. The van der Waals surface area contributed by atoms with Crippen molar-refractivity contribution in [3.8, 4) is 11.5 Å². The van der Waals surface area contributed by atoms with Gasteiger partial charge in [-0.3, -0.25) is 23.7 Å². The molecule has 12 nitrogen and oxygen atoms in total. The highest BCUT2D eigenvalue weighted by atomic mass is 35.5. The monoisotopic (exact) mass is 1080 g/mol. The van der Waals surface area contributed by atoms with Gasteiger partial charge in [0.2, 0.25) is 11.3 Å². The maximum Gasteiger partial charge on any atom is 0.262 e. The third kappa shape index (κ3) is 9.69. The number of halogens is 1. The lowest BCUT2D eigenvalue weighted by molar-refractivity contribution is -0.245. The quantitative estimate of drug-likeness (QED) is 0.0590. The maximum absolute atomic E-state index is 15.4. The molecule has 6 aromatic rings. The lowest BCUT2D eigenvalue weighted by Crippen LogP contribution is -2.63. The lowest BCUT2D eigenvalue weighted by Gasteiger charge is -2.51. The van der Waals surface area contributed by atoms with E-state index in [4.69, 9.17) is 16.3 Å². The van der Waals surface area contributed by atoms with Crippen LogP contribution < -0.4 is 35.4 Å². The molecule has 12 rings (SSSR count). The smallest absolute Gasteiger partial charge is 0.262 e. The van der Waals surface area contributed by atoms with Gasteiger partial charge in [-0.2, -0.15) is 5.06 Å². The fraction of sp³-hybridized carbons (Fsp3) is 0.439. The topological polar surface area (TPSA) is 136 Å². The van der Waals surface area contributed by atoms with Crippen LogP contribution >= 0.6 is 11.6 Å². The number of aromatic nitrogens is 1. The molecule has 3 N–H and O–H groups in total. The van der Waals surface area contributed by atoms with Gasteiger partial charge in [0.25, 0.3) is 11.8 Å². The van der Waals surface area contributed by atoms with E-state index < -0.39 is 11.1 Å². The number of nitrogens with one attached hydrogen (secondary N) is 2. The minimum atomic E-state index is -0.584. The average Bonchev–Trinajstić information content (AvgIpc) is 3.72. The standard InChI is InChI=1S/C66H73ClN6O6/c1-39-19-26-55-51(32-39)50(40(2)72(55)64(77)41-20-23-45(67)24-21-41)36-57(75)68-27-9-7-8-18-56(74)42-22-25-47(52(33-42)63(76)69-46-37-65(3,4)73(78)66(5,6)38-46)58-53-34-43-14-10-28-70-30-12-16-48(59(43)70)61(53)79-62-49-17-13-31-71-29-11-15-44(60(49)71)35-54(58)62/h19-26,32-35,46,78H,7-18,27-31,36-38H2,1-6H3,(H-,68,69,75,76)/p+1. The van der Waals surface area contributed by atoms with E-state index in [1.54, 1.807) is 28.8 Å². The molecule has 0 unspecified atom stereocenters. The summed E-state index contributed by atoms with van der Waals surface area (Å²) in [6.45, 7) is 16.6. The number of rotatable bonds is 13. The predicted octanol–water partition coefficient (Wildman–Crippen LogP) is 10.3. The molecule has 5 aromatic carbocycles. The number of aryl methyl sites for hydroxylation is 3. The van der Waals surface area contributed by atoms with E-state index in [0.29, 0.717) is 60.4 Å². The Morgan fingerprint density at radius 2 is 1.47 bits per heavy atom. The van der Waals surface area contributed by atoms with Gasteiger partial charge in [0.1, 0.15) is 24.6 Å². The average molecular weight is 1080 g/mol. The number of anilines is 1. The summed E-state index contributed by atoms with van der Waals surface area (Å²) in [5, 5.41) is 23.0. The molecule has 2 amide bonds. The Hall–Kier alpha value is -6.60. The zero-order valence-electron chi connectivity index (χ0n) is 46.8. The normalized spacial score (nSPS) is 18.1. The molecule has 1 saturated heterocycles. The third-order valence-corrected chi connectivity index (χ3v) is 18.3. The molecule has 6 aliphatic rings. The zero-order chi connectivity index (χ0) is 55.1. The number of hydrogen-bond acceptors (Lipinski definition) is 8. The van der Waals surface area contributed by atoms with Crippen LogP contribution in [0.2, 0.25) is 5.02 Å². The number of ether oxygens (including phenoxy) is 1. The van der Waals surface area contributed by atoms with E-state index in [0.717, 1.165) is 145 Å². The van der Waals surface area contributed by atoms with Crippen molar-refractivity contribution in [3.63, 3.8) is 0 Å². The molecule has 410 valence electrons. The van der Waals surface area contributed by atoms with Gasteiger partial charge in [-0.1, -0.05) is 41.8 Å². The molecule has 13 heteroatoms. The van der Waals surface area contributed by atoms with E-state index in [-0.39, 0.29) is 36.0 Å². The van der Waals surface area contributed by atoms with Gasteiger partial charge < -0.3 is 25.5 Å². The number of nitrogens with zero attached hydrogens (tertiary/aromatic N) is 4. The summed E-state index contributed by atoms with van der Waals surface area (Å²) in [5.41, 5.74) is 13.0. The number of Topliss-reactive ketones (excluding diaryl/α,β-unsaturated/α-hetero) is 1. The number of benzene rings is 5. The fourth-order valence-corrected chi connectivity index (χ4v) is 14.7. The van der Waals surface area contributed by atoms with Gasteiger partial charge in [-0.15, -0.1) is 0 Å². The molecule has 0 radical (unpaired) electrons. The van der Waals surface area contributed by atoms with Crippen LogP contribution in [0.4, 0.5) is 5.69 Å². The Balaban J connectivity index is 0.827. The zero-order valence-corrected chi connectivity index (χ0v) is 47.6. The molecule has 1 aromatic heterocycles. The van der Waals surface area contributed by atoms with Crippen molar-refractivity contribution >= 4 is 57.3 Å². The van der Waals surface area contributed by atoms with Crippen molar-refractivity contribution in [1.29, 1.82) is 0 Å². The molecular formula is C66H74ClN6O6+. The van der Waals surface area contributed by atoms with Gasteiger partial charge in [-0.25, -0.2) is 4.58 Å². The van der Waals surface area contributed by atoms with E-state index >= 15 is 4.79 Å². The summed E-state index contributed by atoms with van der Waals surface area (Å²) < 4.78 is 11.6. The van der Waals surface area contributed by atoms with Crippen molar-refractivity contribution in [2.24, 2.45) is 0 Å². The molecule has 1 fully saturated rings. The second-order valence-electron chi connectivity index (χ2n) is 24.6. The van der Waals surface area contributed by atoms with Crippen LogP contribution in [0.25, 0.3) is 16.5 Å². The molecule has 0 aliphatic carbocycles. The predicted molar refractivity (Wildman–Crippen MR) is 311 cm³/mol. The SMILES string of the molecule is Cc1ccc2c(c1)c(CC(=O)NCCCCCC(=O)c1ccc(C3=c4cc5c6c(c4Oc4c3cc3c7c4CCCN7CCC3)CCC[N+]=6CCC5)c(C(=O)NC3CC(C)(C)N(O)C(C)(C)C3)c1)c(C)n2C(=O)c1ccc(Cl)cc1. The van der Waals surface area contributed by atoms with Gasteiger partial charge >= 0.3 is 0 Å². The highest BCUT2D eigenvalue weighted by Crippen LogP contribution is 2.49. The number of hydrogen-bond donors (Lipinski definition) is 3. The largest absolute Gasteiger partial charge is 0.455 e. The van der Waals surface area contributed by atoms with E-state index in [1.807, 2.05) is 77.9 Å². The van der Waals surface area contributed by atoms with Gasteiger partial charge in [0, 0.05) is 122 Å². The van der Waals surface area contributed by atoms with Crippen LogP contribution in [-0.2, 0) is 36.9 Å². The summed E-state index contributed by atoms with van der Waals surface area (Å²) in [6.07, 6.45) is 11.7. The second-order valence-corrected chi connectivity index (χ2v) is 25.0. The van der Waals surface area contributed by atoms with Gasteiger partial charge in [0.05, 0.1) is 17.5 Å². The number of amides is 2. The van der Waals surface area contributed by atoms with Crippen LogP contribution in [0.3, 0.4) is 0 Å². The van der Waals surface area contributed by atoms with Crippen LogP contribution in [0.15, 0.2) is 72.8 Å². The summed E-state index contributed by atoms with van der Waals surface area (Å²) in [4.78, 5) is 59.7. The van der Waals surface area contributed by atoms with Crippen molar-refractivity contribution in [3.05, 3.63) is 155 Å². The number of piperidine rings is 1. The highest BCUT2D eigenvalue weighted by molar-refractivity contribution is 6.30. The molecule has 7 heterocycles. The van der Waals surface area contributed by atoms with Crippen LogP contribution in [0, 0.1) is 13.8 Å². The molecular weight excluding hydrogens is 1010 g/mol. The Labute approximate surface area is 468 Å². The van der Waals surface area contributed by atoms with Crippen molar-refractivity contribution in [1.82, 2.24) is 24.8 Å². The molecule has 6 aliphatic heterocycles. The first-order valence-corrected chi connectivity index (χ1v) is 29.4. The summed E-state index contributed by atoms with van der Waals surface area (Å²) in [5.74, 6) is 1.25. The van der Waals surface area contributed by atoms with Crippen LogP contribution in [0.1, 0.15) is 173 Å². The van der Waals surface area contributed by atoms with Crippen molar-refractivity contribution in [2.75, 3.05) is 37.6 Å². The first kappa shape index (κ1) is 53.1. The fourth-order valence-electron chi connectivity index (χ4n) is 14.5. The number of fused-ring (bicyclic) bond motifs is 5. The summed E-state index contributed by atoms with van der Waals surface area (Å²) in [7, 11) is 0. The summed E-state index contributed by atoms with van der Waals surface area (Å²) >= 11 is 6.13. The minimum Gasteiger partial charge on any atom is -0.455 e. The summed E-state index contributed by atoms with van der Waals surface area (Å²) in [6, 6.07) is 23.1. The van der Waals surface area contributed by atoms with Gasteiger partial charge in [-0.05, 0) is 177 Å². The molecule has 0 saturated carbocycles. The third-order valence-electron chi connectivity index (χ3n) is 18.0. The van der Waals surface area contributed by atoms with Crippen LogP contribution in [-0.4, -0.2) is 88.2 Å². The Morgan fingerprint density at radius 3 is 2.24 bits per heavy atom. The molecule has 0 atom stereocenters.